The van der Waals surface area contributed by atoms with Crippen molar-refractivity contribution in [1.82, 2.24) is 4.98 Å². The monoisotopic (exact) mass is 285 g/mol. The number of hydrogen-bond acceptors (Lipinski definition) is 5. The van der Waals surface area contributed by atoms with E-state index in [0.717, 1.165) is 5.69 Å². The van der Waals surface area contributed by atoms with Gasteiger partial charge >= 0.3 is 0 Å². The number of ether oxygens (including phenoxy) is 2. The van der Waals surface area contributed by atoms with Gasteiger partial charge in [0.1, 0.15) is 11.4 Å². The lowest BCUT2D eigenvalue weighted by Gasteiger charge is -2.26. The number of para-hydroxylation sites is 2. The highest BCUT2D eigenvalue weighted by atomic mass is 16.5. The smallest absolute Gasteiger partial charge is 0.267 e. The fourth-order valence-electron chi connectivity index (χ4n) is 2.12. The third-order valence-corrected chi connectivity index (χ3v) is 3.15. The molecule has 0 saturated carbocycles. The Labute approximate surface area is 122 Å². The van der Waals surface area contributed by atoms with Crippen LogP contribution in [0.15, 0.2) is 42.6 Å². The highest BCUT2D eigenvalue weighted by Crippen LogP contribution is 2.29. The average Bonchev–Trinajstić information content (AvgIpc) is 2.55. The Bertz CT molecular complexity index is 660. The van der Waals surface area contributed by atoms with E-state index in [0.29, 0.717) is 23.9 Å². The van der Waals surface area contributed by atoms with Crippen molar-refractivity contribution in [3.63, 3.8) is 0 Å². The van der Waals surface area contributed by atoms with Gasteiger partial charge in [-0.05, 0) is 24.3 Å². The molecule has 1 atom stereocenters. The zero-order chi connectivity index (χ0) is 14.7. The third-order valence-electron chi connectivity index (χ3n) is 3.15. The van der Waals surface area contributed by atoms with Gasteiger partial charge in [0, 0.05) is 6.20 Å². The Morgan fingerprint density at radius 3 is 3.10 bits per heavy atom. The van der Waals surface area contributed by atoms with Gasteiger partial charge in [-0.15, -0.1) is 0 Å². The van der Waals surface area contributed by atoms with Crippen molar-refractivity contribution < 1.29 is 14.3 Å². The second-order valence-corrected chi connectivity index (χ2v) is 4.53. The molecule has 0 saturated heterocycles. The molecule has 1 aliphatic rings. The molecular formula is C15H15N3O3. The summed E-state index contributed by atoms with van der Waals surface area (Å²) >= 11 is 0. The average molecular weight is 285 g/mol. The molecule has 1 aromatic carbocycles. The number of fused-ring (bicyclic) bond motifs is 1. The largest absolute Gasteiger partial charge is 0.480 e. The van der Waals surface area contributed by atoms with E-state index in [2.05, 4.69) is 15.6 Å². The van der Waals surface area contributed by atoms with Crippen LogP contribution in [-0.4, -0.2) is 30.6 Å². The van der Waals surface area contributed by atoms with Gasteiger partial charge in [0.25, 0.3) is 5.91 Å². The van der Waals surface area contributed by atoms with Gasteiger partial charge in [0.05, 0.1) is 19.3 Å². The van der Waals surface area contributed by atoms with Crippen molar-refractivity contribution in [1.29, 1.82) is 0 Å². The summed E-state index contributed by atoms with van der Waals surface area (Å²) in [6.45, 7) is 0.408. The molecule has 0 fully saturated rings. The number of amides is 1. The Morgan fingerprint density at radius 1 is 1.38 bits per heavy atom. The standard InChI is InChI=1S/C15H15N3O3/c1-20-15-11(6-4-8-16-15)18-14(19)13-9-17-10-5-2-3-7-12(10)21-13/h2-8,13,17H,9H2,1H3,(H,18,19). The molecule has 0 spiro atoms. The highest BCUT2D eigenvalue weighted by molar-refractivity contribution is 5.96. The molecule has 1 aromatic heterocycles. The summed E-state index contributed by atoms with van der Waals surface area (Å²) in [6, 6.07) is 11.0. The second-order valence-electron chi connectivity index (χ2n) is 4.53. The number of pyridine rings is 1. The summed E-state index contributed by atoms with van der Waals surface area (Å²) in [4.78, 5) is 16.3. The first-order valence-corrected chi connectivity index (χ1v) is 6.57. The van der Waals surface area contributed by atoms with Crippen LogP contribution in [0.4, 0.5) is 11.4 Å². The molecular weight excluding hydrogens is 270 g/mol. The summed E-state index contributed by atoms with van der Waals surface area (Å²) in [5.74, 6) is 0.792. The number of rotatable bonds is 3. The van der Waals surface area contributed by atoms with E-state index < -0.39 is 6.10 Å². The number of carbonyl (C=O) groups excluding carboxylic acids is 1. The summed E-state index contributed by atoms with van der Waals surface area (Å²) in [7, 11) is 1.51. The topological polar surface area (TPSA) is 72.5 Å². The van der Waals surface area contributed by atoms with Crippen LogP contribution in [0.5, 0.6) is 11.6 Å². The van der Waals surface area contributed by atoms with Crippen LogP contribution in [0.2, 0.25) is 0 Å². The van der Waals surface area contributed by atoms with Crippen LogP contribution in [-0.2, 0) is 4.79 Å². The van der Waals surface area contributed by atoms with Crippen LogP contribution in [0.1, 0.15) is 0 Å². The van der Waals surface area contributed by atoms with Gasteiger partial charge in [-0.25, -0.2) is 4.98 Å². The van der Waals surface area contributed by atoms with E-state index in [-0.39, 0.29) is 5.91 Å². The maximum atomic E-state index is 12.3. The van der Waals surface area contributed by atoms with Crippen LogP contribution in [0.3, 0.4) is 0 Å². The molecule has 0 radical (unpaired) electrons. The molecule has 2 heterocycles. The predicted octanol–water partition coefficient (Wildman–Crippen LogP) is 1.90. The lowest BCUT2D eigenvalue weighted by atomic mass is 10.2. The van der Waals surface area contributed by atoms with Crippen molar-refractivity contribution in [2.45, 2.75) is 6.10 Å². The van der Waals surface area contributed by atoms with E-state index in [1.54, 1.807) is 18.3 Å². The van der Waals surface area contributed by atoms with Gasteiger partial charge in [0.2, 0.25) is 5.88 Å². The Balaban J connectivity index is 1.72. The number of carbonyl (C=O) groups is 1. The first-order chi connectivity index (χ1) is 10.3. The van der Waals surface area contributed by atoms with E-state index >= 15 is 0 Å². The molecule has 6 heteroatoms. The van der Waals surface area contributed by atoms with Gasteiger partial charge in [-0.3, -0.25) is 4.79 Å². The molecule has 1 aliphatic heterocycles. The normalized spacial score (nSPS) is 16.1. The molecule has 6 nitrogen and oxygen atoms in total. The van der Waals surface area contributed by atoms with Gasteiger partial charge in [-0.2, -0.15) is 0 Å². The van der Waals surface area contributed by atoms with Crippen molar-refractivity contribution in [3.8, 4) is 11.6 Å². The summed E-state index contributed by atoms with van der Waals surface area (Å²) < 4.78 is 10.8. The predicted molar refractivity (Wildman–Crippen MR) is 78.8 cm³/mol. The molecule has 108 valence electrons. The lowest BCUT2D eigenvalue weighted by molar-refractivity contribution is -0.122. The third kappa shape index (κ3) is 2.74. The Kier molecular flexibility index (Phi) is 3.59. The minimum absolute atomic E-state index is 0.247. The van der Waals surface area contributed by atoms with Gasteiger partial charge < -0.3 is 20.1 Å². The lowest BCUT2D eigenvalue weighted by Crippen LogP contribution is -2.41. The zero-order valence-electron chi connectivity index (χ0n) is 11.5. The molecule has 2 N–H and O–H groups in total. The molecule has 0 aliphatic carbocycles. The van der Waals surface area contributed by atoms with Gasteiger partial charge in [0.15, 0.2) is 6.10 Å². The maximum Gasteiger partial charge on any atom is 0.267 e. The number of methoxy groups -OCH3 is 1. The van der Waals surface area contributed by atoms with Crippen molar-refractivity contribution >= 4 is 17.3 Å². The number of benzene rings is 1. The fraction of sp³-hybridized carbons (Fsp3) is 0.200. The van der Waals surface area contributed by atoms with Crippen molar-refractivity contribution in [2.75, 3.05) is 24.3 Å². The highest BCUT2D eigenvalue weighted by Gasteiger charge is 2.26. The number of anilines is 2. The van der Waals surface area contributed by atoms with E-state index in [1.165, 1.54) is 7.11 Å². The van der Waals surface area contributed by atoms with Crippen LogP contribution in [0.25, 0.3) is 0 Å². The summed E-state index contributed by atoms with van der Waals surface area (Å²) in [6.07, 6.45) is 0.994. The number of nitrogens with one attached hydrogen (secondary N) is 2. The summed E-state index contributed by atoms with van der Waals surface area (Å²) in [5.41, 5.74) is 1.41. The van der Waals surface area contributed by atoms with Gasteiger partial charge in [-0.1, -0.05) is 12.1 Å². The molecule has 1 amide bonds. The Morgan fingerprint density at radius 2 is 2.24 bits per heavy atom. The molecule has 0 bridgehead atoms. The van der Waals surface area contributed by atoms with Crippen LogP contribution < -0.4 is 20.1 Å². The Hall–Kier alpha value is -2.76. The van der Waals surface area contributed by atoms with E-state index in [9.17, 15) is 4.79 Å². The molecule has 3 rings (SSSR count). The maximum absolute atomic E-state index is 12.3. The first kappa shape index (κ1) is 13.2. The quantitative estimate of drug-likeness (QED) is 0.901. The fourth-order valence-corrected chi connectivity index (χ4v) is 2.12. The first-order valence-electron chi connectivity index (χ1n) is 6.57. The van der Waals surface area contributed by atoms with Crippen LogP contribution >= 0.6 is 0 Å². The van der Waals surface area contributed by atoms with E-state index in [1.807, 2.05) is 24.3 Å². The van der Waals surface area contributed by atoms with Crippen molar-refractivity contribution in [2.24, 2.45) is 0 Å². The van der Waals surface area contributed by atoms with Crippen molar-refractivity contribution in [3.05, 3.63) is 42.6 Å². The minimum Gasteiger partial charge on any atom is -0.480 e. The van der Waals surface area contributed by atoms with Crippen LogP contribution in [0, 0.1) is 0 Å². The number of aromatic nitrogens is 1. The number of hydrogen-bond donors (Lipinski definition) is 2. The second kappa shape index (κ2) is 5.70. The summed E-state index contributed by atoms with van der Waals surface area (Å²) in [5, 5.41) is 5.95. The zero-order valence-corrected chi connectivity index (χ0v) is 11.5. The molecule has 1 unspecified atom stereocenters. The van der Waals surface area contributed by atoms with E-state index in [4.69, 9.17) is 9.47 Å². The number of nitrogens with zero attached hydrogens (tertiary/aromatic N) is 1. The minimum atomic E-state index is -0.607. The SMILES string of the molecule is COc1ncccc1NC(=O)C1CNc2ccccc2O1. The molecule has 21 heavy (non-hydrogen) atoms. The molecule has 2 aromatic rings.